The van der Waals surface area contributed by atoms with Crippen molar-refractivity contribution >= 4 is 5.91 Å². The van der Waals surface area contributed by atoms with Crippen LogP contribution in [0.4, 0.5) is 0 Å². The first-order valence-electron chi connectivity index (χ1n) is 5.20. The minimum absolute atomic E-state index is 0.0638. The second-order valence-electron chi connectivity index (χ2n) is 3.66. The maximum Gasteiger partial charge on any atom is 0.260 e. The number of aryl methyl sites for hydroxylation is 1. The molecule has 1 atom stereocenters. The Morgan fingerprint density at radius 2 is 2.25 bits per heavy atom. The van der Waals surface area contributed by atoms with Gasteiger partial charge in [0.2, 0.25) is 0 Å². The fourth-order valence-electron chi connectivity index (χ4n) is 1.20. The number of rotatable bonds is 4. The first kappa shape index (κ1) is 12.4. The molecule has 5 nitrogen and oxygen atoms in total. The molecule has 5 heteroatoms. The molecule has 1 aromatic heterocycles. The summed E-state index contributed by atoms with van der Waals surface area (Å²) < 4.78 is 0. The summed E-state index contributed by atoms with van der Waals surface area (Å²) >= 11 is 0. The molecule has 3 N–H and O–H groups in total. The van der Waals surface area contributed by atoms with Crippen molar-refractivity contribution in [3.8, 4) is 0 Å². The van der Waals surface area contributed by atoms with Crippen LogP contribution in [0.3, 0.4) is 0 Å². The summed E-state index contributed by atoms with van der Waals surface area (Å²) in [5, 5.41) is 11.8. The van der Waals surface area contributed by atoms with Crippen LogP contribution >= 0.6 is 0 Å². The van der Waals surface area contributed by atoms with Crippen LogP contribution in [0.25, 0.3) is 0 Å². The first-order chi connectivity index (χ1) is 7.54. The standard InChI is InChI=1S/C11H16N2O3/c1-3-8(14)6-12-10(15)9-5-4-7(2)13-11(9)16/h4-5,8,14H,3,6H2,1-2H3,(H,12,15)(H,13,16). The largest absolute Gasteiger partial charge is 0.391 e. The molecule has 0 bridgehead atoms. The zero-order chi connectivity index (χ0) is 12.1. The molecular formula is C11H16N2O3. The highest BCUT2D eigenvalue weighted by Gasteiger charge is 2.11. The maximum absolute atomic E-state index is 11.6. The van der Waals surface area contributed by atoms with Crippen LogP contribution in [0.15, 0.2) is 16.9 Å². The molecule has 0 aliphatic carbocycles. The Hall–Kier alpha value is -1.62. The van der Waals surface area contributed by atoms with E-state index in [4.69, 9.17) is 0 Å². The highest BCUT2D eigenvalue weighted by atomic mass is 16.3. The number of pyridine rings is 1. The maximum atomic E-state index is 11.6. The normalized spacial score (nSPS) is 12.2. The van der Waals surface area contributed by atoms with E-state index in [9.17, 15) is 14.7 Å². The van der Waals surface area contributed by atoms with Gasteiger partial charge in [0.05, 0.1) is 6.10 Å². The van der Waals surface area contributed by atoms with Crippen LogP contribution in [0.2, 0.25) is 0 Å². The van der Waals surface area contributed by atoms with Gasteiger partial charge >= 0.3 is 0 Å². The molecular weight excluding hydrogens is 208 g/mol. The lowest BCUT2D eigenvalue weighted by Gasteiger charge is -2.08. The number of hydrogen-bond donors (Lipinski definition) is 3. The average Bonchev–Trinajstić information content (AvgIpc) is 2.25. The molecule has 0 aliphatic rings. The van der Waals surface area contributed by atoms with E-state index in [-0.39, 0.29) is 12.1 Å². The minimum atomic E-state index is -0.575. The summed E-state index contributed by atoms with van der Waals surface area (Å²) in [7, 11) is 0. The molecule has 16 heavy (non-hydrogen) atoms. The van der Waals surface area contributed by atoms with Crippen molar-refractivity contribution in [2.75, 3.05) is 6.54 Å². The van der Waals surface area contributed by atoms with Gasteiger partial charge in [0.15, 0.2) is 0 Å². The number of aromatic nitrogens is 1. The van der Waals surface area contributed by atoms with Gasteiger partial charge < -0.3 is 15.4 Å². The summed E-state index contributed by atoms with van der Waals surface area (Å²) in [6.45, 7) is 3.71. The molecule has 0 saturated heterocycles. The highest BCUT2D eigenvalue weighted by Crippen LogP contribution is 1.94. The fraction of sp³-hybridized carbons (Fsp3) is 0.455. The van der Waals surface area contributed by atoms with Gasteiger partial charge in [0.1, 0.15) is 5.56 Å². The first-order valence-corrected chi connectivity index (χ1v) is 5.20. The van der Waals surface area contributed by atoms with Crippen LogP contribution in [0.1, 0.15) is 29.4 Å². The van der Waals surface area contributed by atoms with Crippen molar-refractivity contribution in [1.82, 2.24) is 10.3 Å². The fourth-order valence-corrected chi connectivity index (χ4v) is 1.20. The second-order valence-corrected chi connectivity index (χ2v) is 3.66. The van der Waals surface area contributed by atoms with Gasteiger partial charge in [-0.15, -0.1) is 0 Å². The molecule has 1 heterocycles. The summed E-state index contributed by atoms with van der Waals surface area (Å²) in [5.74, 6) is -0.464. The minimum Gasteiger partial charge on any atom is -0.391 e. The Kier molecular flexibility index (Phi) is 4.25. The lowest BCUT2D eigenvalue weighted by atomic mass is 10.2. The van der Waals surface area contributed by atoms with Crippen molar-refractivity contribution in [1.29, 1.82) is 0 Å². The Morgan fingerprint density at radius 1 is 1.56 bits per heavy atom. The number of amides is 1. The molecule has 1 amide bonds. The summed E-state index contributed by atoms with van der Waals surface area (Å²) in [4.78, 5) is 25.5. The van der Waals surface area contributed by atoms with E-state index in [1.807, 2.05) is 6.92 Å². The second kappa shape index (κ2) is 5.46. The van der Waals surface area contributed by atoms with E-state index in [0.29, 0.717) is 12.1 Å². The molecule has 1 aromatic rings. The van der Waals surface area contributed by atoms with Crippen LogP contribution < -0.4 is 10.9 Å². The number of carbonyl (C=O) groups excluding carboxylic acids is 1. The topological polar surface area (TPSA) is 82.2 Å². The number of hydrogen-bond acceptors (Lipinski definition) is 3. The Balaban J connectivity index is 2.70. The monoisotopic (exact) mass is 224 g/mol. The SMILES string of the molecule is CCC(O)CNC(=O)c1ccc(C)[nH]c1=O. The zero-order valence-corrected chi connectivity index (χ0v) is 9.41. The van der Waals surface area contributed by atoms with E-state index < -0.39 is 17.6 Å². The lowest BCUT2D eigenvalue weighted by Crippen LogP contribution is -2.35. The highest BCUT2D eigenvalue weighted by molar-refractivity contribution is 5.93. The molecule has 0 aliphatic heterocycles. The quantitative estimate of drug-likeness (QED) is 0.682. The third kappa shape index (κ3) is 3.20. The van der Waals surface area contributed by atoms with Crippen LogP contribution in [-0.2, 0) is 0 Å². The van der Waals surface area contributed by atoms with Crippen molar-refractivity contribution in [3.05, 3.63) is 33.7 Å². The van der Waals surface area contributed by atoms with E-state index in [2.05, 4.69) is 10.3 Å². The number of H-pyrrole nitrogens is 1. The van der Waals surface area contributed by atoms with E-state index in [1.54, 1.807) is 13.0 Å². The molecule has 1 unspecified atom stereocenters. The van der Waals surface area contributed by atoms with Gasteiger partial charge in [-0.1, -0.05) is 6.92 Å². The molecule has 1 rings (SSSR count). The zero-order valence-electron chi connectivity index (χ0n) is 9.41. The Bertz CT molecular complexity index is 425. The van der Waals surface area contributed by atoms with E-state index >= 15 is 0 Å². The van der Waals surface area contributed by atoms with Gasteiger partial charge in [-0.3, -0.25) is 9.59 Å². The molecule has 0 radical (unpaired) electrons. The van der Waals surface area contributed by atoms with Gasteiger partial charge in [-0.2, -0.15) is 0 Å². The van der Waals surface area contributed by atoms with E-state index in [1.165, 1.54) is 6.07 Å². The van der Waals surface area contributed by atoms with Gasteiger partial charge in [-0.05, 0) is 25.5 Å². The third-order valence-corrected chi connectivity index (χ3v) is 2.27. The number of aromatic amines is 1. The number of aliphatic hydroxyl groups excluding tert-OH is 1. The summed E-state index contributed by atoms with van der Waals surface area (Å²) in [6, 6.07) is 3.13. The van der Waals surface area contributed by atoms with Crippen LogP contribution in [-0.4, -0.2) is 28.6 Å². The number of carbonyl (C=O) groups is 1. The average molecular weight is 224 g/mol. The van der Waals surface area contributed by atoms with E-state index in [0.717, 1.165) is 0 Å². The Labute approximate surface area is 93.5 Å². The van der Waals surface area contributed by atoms with Crippen LogP contribution in [0, 0.1) is 6.92 Å². The summed E-state index contributed by atoms with van der Waals surface area (Å²) in [6.07, 6.45) is -0.0154. The van der Waals surface area contributed by atoms with Crippen molar-refractivity contribution in [2.24, 2.45) is 0 Å². The molecule has 0 fully saturated rings. The predicted octanol–water partition coefficient (Wildman–Crippen LogP) is 0.184. The molecule has 0 aromatic carbocycles. The number of nitrogens with one attached hydrogen (secondary N) is 2. The van der Waals surface area contributed by atoms with Crippen LogP contribution in [0.5, 0.6) is 0 Å². The van der Waals surface area contributed by atoms with Gasteiger partial charge in [-0.25, -0.2) is 0 Å². The smallest absolute Gasteiger partial charge is 0.260 e. The molecule has 0 saturated carbocycles. The van der Waals surface area contributed by atoms with Gasteiger partial charge in [0.25, 0.3) is 11.5 Å². The third-order valence-electron chi connectivity index (χ3n) is 2.27. The van der Waals surface area contributed by atoms with Crippen molar-refractivity contribution in [3.63, 3.8) is 0 Å². The Morgan fingerprint density at radius 3 is 2.81 bits per heavy atom. The summed E-state index contributed by atoms with van der Waals surface area (Å²) in [5.41, 5.74) is 0.354. The molecule has 88 valence electrons. The predicted molar refractivity (Wildman–Crippen MR) is 60.4 cm³/mol. The van der Waals surface area contributed by atoms with Crippen molar-refractivity contribution in [2.45, 2.75) is 26.4 Å². The number of aliphatic hydroxyl groups is 1. The van der Waals surface area contributed by atoms with Gasteiger partial charge in [0, 0.05) is 12.2 Å². The molecule has 0 spiro atoms. The lowest BCUT2D eigenvalue weighted by molar-refractivity contribution is 0.0912. The van der Waals surface area contributed by atoms with Crippen molar-refractivity contribution < 1.29 is 9.90 Å².